The number of anilines is 1. The molecule has 2 aliphatic rings. The van der Waals surface area contributed by atoms with Crippen LogP contribution >= 0.6 is 11.8 Å². The van der Waals surface area contributed by atoms with Gasteiger partial charge in [-0.25, -0.2) is 0 Å². The van der Waals surface area contributed by atoms with Gasteiger partial charge in [0.2, 0.25) is 0 Å². The summed E-state index contributed by atoms with van der Waals surface area (Å²) in [6, 6.07) is 18.3. The summed E-state index contributed by atoms with van der Waals surface area (Å²) in [5.74, 6) is 2.50. The van der Waals surface area contributed by atoms with Crippen molar-refractivity contribution < 1.29 is 4.74 Å². The lowest BCUT2D eigenvalue weighted by Crippen LogP contribution is -2.37. The molecule has 2 fully saturated rings. The molecule has 0 atom stereocenters. The lowest BCUT2D eigenvalue weighted by Gasteiger charge is -2.34. The third kappa shape index (κ3) is 4.25. The highest BCUT2D eigenvalue weighted by atomic mass is 32.2. The van der Waals surface area contributed by atoms with Crippen LogP contribution in [0.1, 0.15) is 18.4 Å². The molecule has 5 heteroatoms. The SMILES string of the molecule is CN(c1cc(CN2CCSCC2)cc2cc(-c3ccccc3)[nH]c12)C1CCOCC1. The maximum Gasteiger partial charge on any atom is 0.0696 e. The zero-order chi connectivity index (χ0) is 20.3. The number of aromatic amines is 1. The van der Waals surface area contributed by atoms with Crippen LogP contribution in [0.4, 0.5) is 5.69 Å². The number of fused-ring (bicyclic) bond motifs is 1. The second-order valence-corrected chi connectivity index (χ2v) is 9.70. The van der Waals surface area contributed by atoms with Gasteiger partial charge in [-0.05, 0) is 42.2 Å². The molecule has 0 radical (unpaired) electrons. The van der Waals surface area contributed by atoms with Gasteiger partial charge in [0, 0.05) is 68.5 Å². The number of benzene rings is 2. The van der Waals surface area contributed by atoms with Crippen LogP contribution in [0.25, 0.3) is 22.2 Å². The fourth-order valence-electron chi connectivity index (χ4n) is 4.71. The number of aromatic nitrogens is 1. The zero-order valence-corrected chi connectivity index (χ0v) is 18.6. The highest BCUT2D eigenvalue weighted by Gasteiger charge is 2.22. The Morgan fingerprint density at radius 2 is 1.83 bits per heavy atom. The van der Waals surface area contributed by atoms with Crippen molar-refractivity contribution >= 4 is 28.4 Å². The fraction of sp³-hybridized carbons (Fsp3) is 0.440. The van der Waals surface area contributed by atoms with Crippen LogP contribution in [0.3, 0.4) is 0 Å². The molecule has 0 aliphatic carbocycles. The van der Waals surface area contributed by atoms with Crippen molar-refractivity contribution in [1.82, 2.24) is 9.88 Å². The van der Waals surface area contributed by atoms with E-state index in [0.717, 1.165) is 32.6 Å². The second-order valence-electron chi connectivity index (χ2n) is 8.47. The van der Waals surface area contributed by atoms with Crippen molar-refractivity contribution in [3.8, 4) is 11.3 Å². The van der Waals surface area contributed by atoms with Gasteiger partial charge in [-0.3, -0.25) is 4.90 Å². The topological polar surface area (TPSA) is 31.5 Å². The molecular weight excluding hydrogens is 390 g/mol. The van der Waals surface area contributed by atoms with Crippen LogP contribution < -0.4 is 4.90 Å². The van der Waals surface area contributed by atoms with Gasteiger partial charge in [0.25, 0.3) is 0 Å². The molecule has 3 aromatic rings. The van der Waals surface area contributed by atoms with Gasteiger partial charge in [0.1, 0.15) is 0 Å². The van der Waals surface area contributed by atoms with Gasteiger partial charge >= 0.3 is 0 Å². The normalized spacial score (nSPS) is 18.7. The summed E-state index contributed by atoms with van der Waals surface area (Å²) < 4.78 is 5.62. The van der Waals surface area contributed by atoms with Crippen LogP contribution in [0.5, 0.6) is 0 Å². The van der Waals surface area contributed by atoms with Crippen molar-refractivity contribution in [3.63, 3.8) is 0 Å². The number of hydrogen-bond donors (Lipinski definition) is 1. The summed E-state index contributed by atoms with van der Waals surface area (Å²) in [5.41, 5.74) is 6.42. The van der Waals surface area contributed by atoms with E-state index in [-0.39, 0.29) is 0 Å². The molecule has 2 saturated heterocycles. The minimum Gasteiger partial charge on any atom is -0.381 e. The van der Waals surface area contributed by atoms with Gasteiger partial charge in [0.05, 0.1) is 11.2 Å². The van der Waals surface area contributed by atoms with Gasteiger partial charge in [-0.2, -0.15) is 11.8 Å². The first-order chi connectivity index (χ1) is 14.8. The van der Waals surface area contributed by atoms with E-state index in [1.807, 2.05) is 0 Å². The van der Waals surface area contributed by atoms with Crippen LogP contribution in [0.15, 0.2) is 48.5 Å². The smallest absolute Gasteiger partial charge is 0.0696 e. The van der Waals surface area contributed by atoms with Crippen molar-refractivity contribution in [2.75, 3.05) is 49.8 Å². The Hall–Kier alpha value is -1.95. The molecule has 0 spiro atoms. The van der Waals surface area contributed by atoms with Crippen LogP contribution in [-0.2, 0) is 11.3 Å². The lowest BCUT2D eigenvalue weighted by molar-refractivity contribution is 0.0855. The number of nitrogens with one attached hydrogen (secondary N) is 1. The maximum atomic E-state index is 5.62. The Bertz CT molecular complexity index is 975. The van der Waals surface area contributed by atoms with E-state index in [0.29, 0.717) is 6.04 Å². The molecule has 5 rings (SSSR count). The first kappa shape index (κ1) is 20.0. The molecule has 158 valence electrons. The summed E-state index contributed by atoms with van der Waals surface area (Å²) in [7, 11) is 2.26. The van der Waals surface area contributed by atoms with Crippen molar-refractivity contribution in [1.29, 1.82) is 0 Å². The van der Waals surface area contributed by atoms with E-state index in [1.54, 1.807) is 0 Å². The maximum absolute atomic E-state index is 5.62. The Morgan fingerprint density at radius 3 is 2.60 bits per heavy atom. The first-order valence-corrected chi connectivity index (χ1v) is 12.2. The number of nitrogens with zero attached hydrogens (tertiary/aromatic N) is 2. The minimum atomic E-state index is 0.534. The van der Waals surface area contributed by atoms with E-state index in [4.69, 9.17) is 4.74 Å². The lowest BCUT2D eigenvalue weighted by atomic mass is 10.0. The van der Waals surface area contributed by atoms with Crippen molar-refractivity contribution in [2.24, 2.45) is 0 Å². The van der Waals surface area contributed by atoms with Crippen molar-refractivity contribution in [2.45, 2.75) is 25.4 Å². The molecule has 2 aliphatic heterocycles. The Labute approximate surface area is 183 Å². The predicted octanol–water partition coefficient (Wildman–Crippen LogP) is 5.00. The molecule has 30 heavy (non-hydrogen) atoms. The van der Waals surface area contributed by atoms with Crippen LogP contribution in [-0.4, -0.2) is 60.8 Å². The molecule has 0 amide bonds. The Balaban J connectivity index is 1.54. The Kier molecular flexibility index (Phi) is 6.02. The largest absolute Gasteiger partial charge is 0.381 e. The highest BCUT2D eigenvalue weighted by Crippen LogP contribution is 2.34. The van der Waals surface area contributed by atoms with Gasteiger partial charge in [-0.15, -0.1) is 0 Å². The number of hydrogen-bond acceptors (Lipinski definition) is 4. The highest BCUT2D eigenvalue weighted by molar-refractivity contribution is 7.99. The minimum absolute atomic E-state index is 0.534. The quantitative estimate of drug-likeness (QED) is 0.628. The third-order valence-corrected chi connectivity index (χ3v) is 7.42. The van der Waals surface area contributed by atoms with Gasteiger partial charge in [-0.1, -0.05) is 30.3 Å². The van der Waals surface area contributed by atoms with Gasteiger partial charge in [0.15, 0.2) is 0 Å². The van der Waals surface area contributed by atoms with E-state index in [9.17, 15) is 0 Å². The molecule has 2 aromatic carbocycles. The molecule has 0 saturated carbocycles. The number of rotatable bonds is 5. The average Bonchev–Trinajstić information content (AvgIpc) is 3.24. The van der Waals surface area contributed by atoms with Crippen LogP contribution in [0, 0.1) is 0 Å². The molecule has 4 nitrogen and oxygen atoms in total. The fourth-order valence-corrected chi connectivity index (χ4v) is 5.69. The number of H-pyrrole nitrogens is 1. The number of thioether (sulfide) groups is 1. The molecule has 0 bridgehead atoms. The van der Waals surface area contributed by atoms with Gasteiger partial charge < -0.3 is 14.6 Å². The van der Waals surface area contributed by atoms with E-state index in [1.165, 1.54) is 58.0 Å². The van der Waals surface area contributed by atoms with E-state index in [2.05, 4.69) is 82.1 Å². The summed E-state index contributed by atoms with van der Waals surface area (Å²) in [5, 5.41) is 1.31. The Morgan fingerprint density at radius 1 is 1.07 bits per heavy atom. The average molecular weight is 422 g/mol. The summed E-state index contributed by atoms with van der Waals surface area (Å²) in [4.78, 5) is 8.83. The molecule has 1 aromatic heterocycles. The van der Waals surface area contributed by atoms with Crippen molar-refractivity contribution in [3.05, 3.63) is 54.1 Å². The second kappa shape index (κ2) is 9.04. The number of ether oxygens (including phenoxy) is 1. The molecular formula is C25H31N3OS. The third-order valence-electron chi connectivity index (χ3n) is 6.48. The van der Waals surface area contributed by atoms with E-state index >= 15 is 0 Å². The monoisotopic (exact) mass is 421 g/mol. The summed E-state index contributed by atoms with van der Waals surface area (Å²) >= 11 is 2.07. The molecule has 1 N–H and O–H groups in total. The first-order valence-electron chi connectivity index (χ1n) is 11.1. The molecule has 3 heterocycles. The summed E-state index contributed by atoms with van der Waals surface area (Å²) in [6.07, 6.45) is 2.19. The standard InChI is InChI=1S/C25H31N3OS/c1-27(22-7-11-29-12-8-22)24-16-19(18-28-9-13-30-14-10-28)15-21-17-23(26-25(21)24)20-5-3-2-4-6-20/h2-6,15-17,22,26H,7-14,18H2,1H3. The predicted molar refractivity (Wildman–Crippen MR) is 129 cm³/mol. The molecule has 0 unspecified atom stereocenters. The summed E-state index contributed by atoms with van der Waals surface area (Å²) in [6.45, 7) is 5.15. The zero-order valence-electron chi connectivity index (χ0n) is 17.8. The van der Waals surface area contributed by atoms with Crippen LogP contribution in [0.2, 0.25) is 0 Å². The van der Waals surface area contributed by atoms with E-state index < -0.39 is 0 Å².